The molecule has 112 valence electrons. The summed E-state index contributed by atoms with van der Waals surface area (Å²) in [6, 6.07) is 7.39. The number of halogens is 1. The SMILES string of the molecule is CNc1cc(-c2cc(Cl)ccc2OC)nc(C(C)(C)C)n1. The van der Waals surface area contributed by atoms with E-state index in [1.54, 1.807) is 13.2 Å². The first-order chi connectivity index (χ1) is 9.85. The van der Waals surface area contributed by atoms with Crippen LogP contribution in [0.1, 0.15) is 26.6 Å². The van der Waals surface area contributed by atoms with Gasteiger partial charge in [0, 0.05) is 29.1 Å². The summed E-state index contributed by atoms with van der Waals surface area (Å²) in [5.74, 6) is 2.28. The van der Waals surface area contributed by atoms with Crippen LogP contribution in [0, 0.1) is 0 Å². The fourth-order valence-corrected chi connectivity index (χ4v) is 2.10. The largest absolute Gasteiger partial charge is 0.496 e. The molecule has 21 heavy (non-hydrogen) atoms. The Labute approximate surface area is 130 Å². The standard InChI is InChI=1S/C16H20ClN3O/c1-16(2,3)15-19-12(9-14(18-4)20-15)11-8-10(17)6-7-13(11)21-5/h6-9H,1-5H3,(H,18,19,20). The summed E-state index contributed by atoms with van der Waals surface area (Å²) in [7, 11) is 3.48. The van der Waals surface area contributed by atoms with E-state index in [2.05, 4.69) is 36.1 Å². The molecule has 0 saturated carbocycles. The summed E-state index contributed by atoms with van der Waals surface area (Å²) in [6.07, 6.45) is 0. The molecule has 0 bridgehead atoms. The fraction of sp³-hybridized carbons (Fsp3) is 0.375. The third kappa shape index (κ3) is 3.45. The van der Waals surface area contributed by atoms with Crippen molar-refractivity contribution in [1.82, 2.24) is 9.97 Å². The number of rotatable bonds is 3. The molecule has 4 nitrogen and oxygen atoms in total. The molecule has 1 aromatic carbocycles. The van der Waals surface area contributed by atoms with E-state index in [1.807, 2.05) is 25.2 Å². The van der Waals surface area contributed by atoms with Crippen LogP contribution in [-0.2, 0) is 5.41 Å². The van der Waals surface area contributed by atoms with Crippen molar-refractivity contribution < 1.29 is 4.74 Å². The molecule has 0 aliphatic heterocycles. The summed E-state index contributed by atoms with van der Waals surface area (Å²) in [5, 5.41) is 3.72. The van der Waals surface area contributed by atoms with Crippen LogP contribution in [0.3, 0.4) is 0 Å². The summed E-state index contributed by atoms with van der Waals surface area (Å²) >= 11 is 6.11. The van der Waals surface area contributed by atoms with Crippen molar-refractivity contribution >= 4 is 17.4 Å². The minimum absolute atomic E-state index is 0.145. The number of anilines is 1. The Hall–Kier alpha value is -1.81. The van der Waals surface area contributed by atoms with Gasteiger partial charge in [0.2, 0.25) is 0 Å². The molecule has 0 amide bonds. The molecule has 5 heteroatoms. The van der Waals surface area contributed by atoms with Crippen molar-refractivity contribution in [1.29, 1.82) is 0 Å². The van der Waals surface area contributed by atoms with Crippen LogP contribution >= 0.6 is 11.6 Å². The molecule has 1 aromatic heterocycles. The Morgan fingerprint density at radius 3 is 2.43 bits per heavy atom. The maximum Gasteiger partial charge on any atom is 0.136 e. The first-order valence-electron chi connectivity index (χ1n) is 6.76. The first kappa shape index (κ1) is 15.6. The Morgan fingerprint density at radius 1 is 1.14 bits per heavy atom. The second-order valence-electron chi connectivity index (χ2n) is 5.81. The minimum Gasteiger partial charge on any atom is -0.496 e. The molecular formula is C16H20ClN3O. The van der Waals surface area contributed by atoms with Gasteiger partial charge in [-0.1, -0.05) is 32.4 Å². The van der Waals surface area contributed by atoms with E-state index < -0.39 is 0 Å². The zero-order valence-electron chi connectivity index (χ0n) is 13.0. The van der Waals surface area contributed by atoms with Crippen LogP contribution in [0.25, 0.3) is 11.3 Å². The van der Waals surface area contributed by atoms with Gasteiger partial charge in [0.15, 0.2) is 0 Å². The van der Waals surface area contributed by atoms with Gasteiger partial charge in [-0.05, 0) is 18.2 Å². The molecule has 0 aliphatic carbocycles. The van der Waals surface area contributed by atoms with E-state index >= 15 is 0 Å². The Morgan fingerprint density at radius 2 is 1.86 bits per heavy atom. The Bertz CT molecular complexity index is 650. The lowest BCUT2D eigenvalue weighted by Crippen LogP contribution is -2.17. The number of hydrogen-bond donors (Lipinski definition) is 1. The topological polar surface area (TPSA) is 47.0 Å². The molecule has 0 fully saturated rings. The summed E-state index contributed by atoms with van der Waals surface area (Å²) in [4.78, 5) is 9.21. The monoisotopic (exact) mass is 305 g/mol. The van der Waals surface area contributed by atoms with Crippen molar-refractivity contribution in [2.24, 2.45) is 0 Å². The van der Waals surface area contributed by atoms with Gasteiger partial charge < -0.3 is 10.1 Å². The third-order valence-corrected chi connectivity index (χ3v) is 3.33. The van der Waals surface area contributed by atoms with Crippen LogP contribution in [0.4, 0.5) is 5.82 Å². The lowest BCUT2D eigenvalue weighted by Gasteiger charge is -2.19. The van der Waals surface area contributed by atoms with Crippen molar-refractivity contribution in [2.75, 3.05) is 19.5 Å². The quantitative estimate of drug-likeness (QED) is 0.925. The van der Waals surface area contributed by atoms with Gasteiger partial charge >= 0.3 is 0 Å². The lowest BCUT2D eigenvalue weighted by atomic mass is 9.95. The van der Waals surface area contributed by atoms with Crippen molar-refractivity contribution in [2.45, 2.75) is 26.2 Å². The smallest absolute Gasteiger partial charge is 0.136 e. The van der Waals surface area contributed by atoms with E-state index in [9.17, 15) is 0 Å². The molecule has 2 rings (SSSR count). The zero-order chi connectivity index (χ0) is 15.6. The highest BCUT2D eigenvalue weighted by atomic mass is 35.5. The van der Waals surface area contributed by atoms with Gasteiger partial charge in [-0.2, -0.15) is 0 Å². The molecule has 0 unspecified atom stereocenters. The highest BCUT2D eigenvalue weighted by Crippen LogP contribution is 2.33. The highest BCUT2D eigenvalue weighted by molar-refractivity contribution is 6.30. The second kappa shape index (κ2) is 5.90. The molecule has 1 N–H and O–H groups in total. The molecule has 0 aliphatic rings. The molecule has 0 spiro atoms. The molecule has 2 aromatic rings. The highest BCUT2D eigenvalue weighted by Gasteiger charge is 2.20. The molecule has 0 radical (unpaired) electrons. The average Bonchev–Trinajstić information content (AvgIpc) is 2.45. The van der Waals surface area contributed by atoms with E-state index in [1.165, 1.54) is 0 Å². The van der Waals surface area contributed by atoms with Crippen molar-refractivity contribution in [3.63, 3.8) is 0 Å². The van der Waals surface area contributed by atoms with Gasteiger partial charge in [-0.3, -0.25) is 0 Å². The number of aromatic nitrogens is 2. The number of benzene rings is 1. The van der Waals surface area contributed by atoms with E-state index in [-0.39, 0.29) is 5.41 Å². The Balaban J connectivity index is 2.66. The molecular weight excluding hydrogens is 286 g/mol. The maximum atomic E-state index is 6.11. The van der Waals surface area contributed by atoms with E-state index in [0.717, 1.165) is 28.6 Å². The van der Waals surface area contributed by atoms with E-state index in [4.69, 9.17) is 16.3 Å². The van der Waals surface area contributed by atoms with Crippen LogP contribution in [-0.4, -0.2) is 24.1 Å². The minimum atomic E-state index is -0.145. The number of ether oxygens (including phenoxy) is 1. The second-order valence-corrected chi connectivity index (χ2v) is 6.24. The predicted octanol–water partition coefficient (Wildman–Crippen LogP) is 4.14. The summed E-state index contributed by atoms with van der Waals surface area (Å²) in [5.41, 5.74) is 1.50. The molecule has 1 heterocycles. The predicted molar refractivity (Wildman–Crippen MR) is 87.3 cm³/mol. The third-order valence-electron chi connectivity index (χ3n) is 3.09. The Kier molecular flexibility index (Phi) is 4.37. The normalized spacial score (nSPS) is 11.3. The van der Waals surface area contributed by atoms with Gasteiger partial charge in [-0.25, -0.2) is 9.97 Å². The number of hydrogen-bond acceptors (Lipinski definition) is 4. The first-order valence-corrected chi connectivity index (χ1v) is 7.14. The van der Waals surface area contributed by atoms with Crippen LogP contribution < -0.4 is 10.1 Å². The molecule has 0 atom stereocenters. The van der Waals surface area contributed by atoms with Crippen LogP contribution in [0.15, 0.2) is 24.3 Å². The van der Waals surface area contributed by atoms with Crippen LogP contribution in [0.2, 0.25) is 5.02 Å². The van der Waals surface area contributed by atoms with Gasteiger partial charge in [0.05, 0.1) is 12.8 Å². The lowest BCUT2D eigenvalue weighted by molar-refractivity contribution is 0.416. The van der Waals surface area contributed by atoms with Gasteiger partial charge in [-0.15, -0.1) is 0 Å². The summed E-state index contributed by atoms with van der Waals surface area (Å²) in [6.45, 7) is 6.25. The van der Waals surface area contributed by atoms with Gasteiger partial charge in [0.25, 0.3) is 0 Å². The number of methoxy groups -OCH3 is 1. The van der Waals surface area contributed by atoms with Gasteiger partial charge in [0.1, 0.15) is 17.4 Å². The van der Waals surface area contributed by atoms with Crippen LogP contribution in [0.5, 0.6) is 5.75 Å². The summed E-state index contributed by atoms with van der Waals surface area (Å²) < 4.78 is 5.41. The van der Waals surface area contributed by atoms with Crippen molar-refractivity contribution in [3.8, 4) is 17.0 Å². The number of nitrogens with zero attached hydrogens (tertiary/aromatic N) is 2. The average molecular weight is 306 g/mol. The molecule has 0 saturated heterocycles. The number of nitrogens with one attached hydrogen (secondary N) is 1. The fourth-order valence-electron chi connectivity index (χ4n) is 1.93. The zero-order valence-corrected chi connectivity index (χ0v) is 13.7. The maximum absolute atomic E-state index is 6.11. The van der Waals surface area contributed by atoms with Crippen molar-refractivity contribution in [3.05, 3.63) is 35.1 Å². The van der Waals surface area contributed by atoms with E-state index in [0.29, 0.717) is 5.02 Å².